The summed E-state index contributed by atoms with van der Waals surface area (Å²) in [6.45, 7) is 4.74. The van der Waals surface area contributed by atoms with E-state index in [-0.39, 0.29) is 18.0 Å². The van der Waals surface area contributed by atoms with Crippen molar-refractivity contribution in [3.8, 4) is 0 Å². The van der Waals surface area contributed by atoms with Gasteiger partial charge in [0, 0.05) is 12.8 Å². The highest BCUT2D eigenvalue weighted by molar-refractivity contribution is 5.83. The van der Waals surface area contributed by atoms with Crippen LogP contribution in [-0.4, -0.2) is 41.6 Å². The van der Waals surface area contributed by atoms with Gasteiger partial charge in [-0.15, -0.1) is 0 Å². The largest absolute Gasteiger partial charge is 0.480 e. The van der Waals surface area contributed by atoms with E-state index in [2.05, 4.69) is 67.8 Å². The van der Waals surface area contributed by atoms with Crippen molar-refractivity contribution >= 4 is 17.8 Å². The molecule has 0 fully saturated rings. The Morgan fingerprint density at radius 2 is 1.34 bits per heavy atom. The fourth-order valence-corrected chi connectivity index (χ4v) is 4.49. The molecule has 0 aromatic rings. The van der Waals surface area contributed by atoms with Crippen molar-refractivity contribution in [1.29, 1.82) is 0 Å². The molecule has 44 heavy (non-hydrogen) atoms. The van der Waals surface area contributed by atoms with Gasteiger partial charge in [-0.05, 0) is 89.7 Å². The second-order valence-electron chi connectivity index (χ2n) is 11.2. The molecule has 0 heterocycles. The van der Waals surface area contributed by atoms with Gasteiger partial charge in [-0.2, -0.15) is 0 Å². The maximum absolute atomic E-state index is 12.5. The molecule has 1 amide bonds. The summed E-state index contributed by atoms with van der Waals surface area (Å²) in [6.07, 6.45) is 37.1. The van der Waals surface area contributed by atoms with E-state index in [0.717, 1.165) is 64.2 Å². The van der Waals surface area contributed by atoms with E-state index in [4.69, 9.17) is 10.5 Å². The van der Waals surface area contributed by atoms with Crippen LogP contribution in [0, 0.1) is 0 Å². The van der Waals surface area contributed by atoms with Gasteiger partial charge >= 0.3 is 11.9 Å². The third-order valence-corrected chi connectivity index (χ3v) is 7.06. The number of carbonyl (C=O) groups excluding carboxylic acids is 2. The Morgan fingerprint density at radius 3 is 1.98 bits per heavy atom. The molecule has 0 spiro atoms. The molecule has 2 atom stereocenters. The van der Waals surface area contributed by atoms with Crippen molar-refractivity contribution in [3.63, 3.8) is 0 Å². The van der Waals surface area contributed by atoms with Gasteiger partial charge in [-0.25, -0.2) is 4.79 Å². The first kappa shape index (κ1) is 41.1. The quantitative estimate of drug-likeness (QED) is 0.0441. The Labute approximate surface area is 268 Å². The summed E-state index contributed by atoms with van der Waals surface area (Å²) < 4.78 is 5.81. The summed E-state index contributed by atoms with van der Waals surface area (Å²) in [5.74, 6) is -1.43. The van der Waals surface area contributed by atoms with E-state index in [9.17, 15) is 19.5 Å². The van der Waals surface area contributed by atoms with E-state index in [0.29, 0.717) is 45.1 Å². The number of ether oxygens (including phenoxy) is 1. The van der Waals surface area contributed by atoms with Gasteiger partial charge < -0.3 is 20.9 Å². The van der Waals surface area contributed by atoms with Crippen molar-refractivity contribution in [3.05, 3.63) is 60.8 Å². The minimum absolute atomic E-state index is 0.174. The van der Waals surface area contributed by atoms with Crippen LogP contribution >= 0.6 is 0 Å². The topological polar surface area (TPSA) is 119 Å². The zero-order valence-corrected chi connectivity index (χ0v) is 27.7. The highest BCUT2D eigenvalue weighted by atomic mass is 16.5. The SMILES string of the molecule is CC/C=C\C/C=C\C/C=C\C/C=C\CCC(=O)OC(/C=C\CCCCCC)CCCCCCC(=O)NC(CCCN)C(=O)O. The predicted octanol–water partition coefficient (Wildman–Crippen LogP) is 8.66. The fourth-order valence-electron chi connectivity index (χ4n) is 4.49. The average molecular weight is 615 g/mol. The van der Waals surface area contributed by atoms with E-state index >= 15 is 0 Å². The second kappa shape index (κ2) is 31.5. The van der Waals surface area contributed by atoms with Crippen LogP contribution in [0.4, 0.5) is 0 Å². The van der Waals surface area contributed by atoms with Gasteiger partial charge in [0.1, 0.15) is 12.1 Å². The molecule has 4 N–H and O–H groups in total. The van der Waals surface area contributed by atoms with E-state index in [1.54, 1.807) is 0 Å². The van der Waals surface area contributed by atoms with Crippen LogP contribution in [0.15, 0.2) is 60.8 Å². The fraction of sp³-hybridized carbons (Fsp3) is 0.649. The van der Waals surface area contributed by atoms with Crippen LogP contribution in [0.25, 0.3) is 0 Å². The Morgan fingerprint density at radius 1 is 0.705 bits per heavy atom. The Kier molecular flexibility index (Phi) is 29.4. The molecule has 250 valence electrons. The van der Waals surface area contributed by atoms with Crippen LogP contribution in [0.5, 0.6) is 0 Å². The van der Waals surface area contributed by atoms with Gasteiger partial charge in [0.05, 0.1) is 0 Å². The lowest BCUT2D eigenvalue weighted by Gasteiger charge is -2.15. The molecule has 0 aliphatic carbocycles. The van der Waals surface area contributed by atoms with Gasteiger partial charge in [-0.1, -0.05) is 101 Å². The van der Waals surface area contributed by atoms with Crippen LogP contribution in [0.1, 0.15) is 136 Å². The molecule has 0 rings (SSSR count). The normalized spacial score (nSPS) is 13.5. The van der Waals surface area contributed by atoms with Crippen molar-refractivity contribution in [2.24, 2.45) is 5.73 Å². The third-order valence-electron chi connectivity index (χ3n) is 7.06. The summed E-state index contributed by atoms with van der Waals surface area (Å²) in [6, 6.07) is -0.877. The molecule has 0 bridgehead atoms. The molecule has 0 aromatic heterocycles. The van der Waals surface area contributed by atoms with E-state index in [1.807, 2.05) is 12.2 Å². The lowest BCUT2D eigenvalue weighted by atomic mass is 10.1. The van der Waals surface area contributed by atoms with Gasteiger partial charge in [0.2, 0.25) is 5.91 Å². The van der Waals surface area contributed by atoms with E-state index < -0.39 is 12.0 Å². The number of aliphatic carboxylic acids is 1. The van der Waals surface area contributed by atoms with Crippen LogP contribution < -0.4 is 11.1 Å². The minimum atomic E-state index is -1.02. The van der Waals surface area contributed by atoms with E-state index in [1.165, 1.54) is 19.3 Å². The van der Waals surface area contributed by atoms with Crippen molar-refractivity contribution in [1.82, 2.24) is 5.32 Å². The summed E-state index contributed by atoms with van der Waals surface area (Å²) in [7, 11) is 0. The van der Waals surface area contributed by atoms with Crippen molar-refractivity contribution in [2.75, 3.05) is 6.54 Å². The first-order valence-corrected chi connectivity index (χ1v) is 17.1. The first-order valence-electron chi connectivity index (χ1n) is 17.1. The molecule has 2 unspecified atom stereocenters. The van der Waals surface area contributed by atoms with Gasteiger partial charge in [0.15, 0.2) is 0 Å². The lowest BCUT2D eigenvalue weighted by Crippen LogP contribution is -2.40. The Bertz CT molecular complexity index is 875. The zero-order chi connectivity index (χ0) is 32.5. The number of carboxylic acids is 1. The lowest BCUT2D eigenvalue weighted by molar-refractivity contribution is -0.147. The predicted molar refractivity (Wildman–Crippen MR) is 183 cm³/mol. The minimum Gasteiger partial charge on any atom is -0.480 e. The molecule has 0 radical (unpaired) electrons. The molecule has 0 saturated carbocycles. The molecular formula is C37H62N2O5. The molecule has 0 aromatic carbocycles. The average Bonchev–Trinajstić information content (AvgIpc) is 3.00. The Hall–Kier alpha value is -2.93. The van der Waals surface area contributed by atoms with Crippen LogP contribution in [0.3, 0.4) is 0 Å². The molecular weight excluding hydrogens is 552 g/mol. The maximum Gasteiger partial charge on any atom is 0.326 e. The number of carboxylic acid groups (broad SMARTS) is 1. The maximum atomic E-state index is 12.5. The van der Waals surface area contributed by atoms with Crippen molar-refractivity contribution < 1.29 is 24.2 Å². The molecule has 7 heteroatoms. The summed E-state index contributed by atoms with van der Waals surface area (Å²) in [5.41, 5.74) is 5.45. The standard InChI is InChI=1S/C37H62N2O5/c1-3-5-7-9-11-12-13-14-15-16-17-19-25-31-36(41)44-33(27-22-18-10-8-6-4-2)28-23-20-21-24-30-35(40)39-34(37(42)43)29-26-32-38/h5,7,11-12,14-15,17,19,22,27,33-34H,3-4,6,8-10,13,16,18,20-21,23-26,28-32,38H2,1-2H3,(H,39,40)(H,42,43)/b7-5-,12-11-,15-14-,19-17-,27-22-. The number of esters is 1. The van der Waals surface area contributed by atoms with Crippen molar-refractivity contribution in [2.45, 2.75) is 148 Å². The number of allylic oxidation sites excluding steroid dienone is 9. The van der Waals surface area contributed by atoms with Gasteiger partial charge in [-0.3, -0.25) is 9.59 Å². The summed E-state index contributed by atoms with van der Waals surface area (Å²) in [4.78, 5) is 36.0. The number of rotatable bonds is 29. The number of carbonyl (C=O) groups is 3. The highest BCUT2D eigenvalue weighted by Gasteiger charge is 2.18. The Balaban J connectivity index is 4.42. The highest BCUT2D eigenvalue weighted by Crippen LogP contribution is 2.14. The van der Waals surface area contributed by atoms with Crippen LogP contribution in [-0.2, 0) is 19.1 Å². The number of hydrogen-bond acceptors (Lipinski definition) is 5. The molecule has 0 saturated heterocycles. The van der Waals surface area contributed by atoms with Gasteiger partial charge in [0.25, 0.3) is 0 Å². The third kappa shape index (κ3) is 27.9. The monoisotopic (exact) mass is 614 g/mol. The smallest absolute Gasteiger partial charge is 0.326 e. The zero-order valence-electron chi connectivity index (χ0n) is 27.7. The number of hydrogen-bond donors (Lipinski definition) is 3. The number of unbranched alkanes of at least 4 members (excludes halogenated alkanes) is 7. The summed E-state index contributed by atoms with van der Waals surface area (Å²) in [5, 5.41) is 11.8. The number of amides is 1. The van der Waals surface area contributed by atoms with Crippen LogP contribution in [0.2, 0.25) is 0 Å². The molecule has 0 aliphatic heterocycles. The molecule has 0 aliphatic rings. The first-order chi connectivity index (χ1) is 21.4. The number of nitrogens with two attached hydrogens (primary N) is 1. The molecule has 7 nitrogen and oxygen atoms in total. The summed E-state index contributed by atoms with van der Waals surface area (Å²) >= 11 is 0. The second-order valence-corrected chi connectivity index (χ2v) is 11.2. The number of nitrogens with one attached hydrogen (secondary N) is 1.